The zero-order valence-corrected chi connectivity index (χ0v) is 14.9. The van der Waals surface area contributed by atoms with E-state index < -0.39 is 0 Å². The number of ether oxygens (including phenoxy) is 1. The van der Waals surface area contributed by atoms with Crippen LogP contribution in [0, 0.1) is 0 Å². The number of fused-ring (bicyclic) bond motifs is 2. The Morgan fingerprint density at radius 2 is 1.81 bits per heavy atom. The van der Waals surface area contributed by atoms with Crippen LogP contribution in [0.15, 0.2) is 63.8 Å². The lowest BCUT2D eigenvalue weighted by atomic mass is 10.1. The molecule has 0 saturated carbocycles. The number of anilines is 1. The molecule has 0 atom stereocenters. The first kappa shape index (κ1) is 15.6. The third kappa shape index (κ3) is 2.69. The molecular weight excluding hydrogens is 346 g/mol. The maximum atomic E-state index is 12.1. The molecule has 0 unspecified atom stereocenters. The van der Waals surface area contributed by atoms with E-state index in [2.05, 4.69) is 41.3 Å². The van der Waals surface area contributed by atoms with Gasteiger partial charge in [0.1, 0.15) is 5.58 Å². The largest absolute Gasteiger partial charge is 0.423 e. The number of rotatable bonds is 2. The lowest BCUT2D eigenvalue weighted by Crippen LogP contribution is -2.36. The van der Waals surface area contributed by atoms with Gasteiger partial charge in [0.15, 0.2) is 0 Å². The van der Waals surface area contributed by atoms with Gasteiger partial charge in [-0.1, -0.05) is 24.3 Å². The number of nitrogens with zero attached hydrogens (tertiary/aromatic N) is 1. The van der Waals surface area contributed by atoms with Crippen molar-refractivity contribution < 1.29 is 9.15 Å². The fourth-order valence-electron chi connectivity index (χ4n) is 3.49. The fraction of sp³-hybridized carbons (Fsp3) is 0.190. The Morgan fingerprint density at radius 3 is 2.65 bits per heavy atom. The molecule has 0 radical (unpaired) electrons. The molecule has 5 heteroatoms. The summed E-state index contributed by atoms with van der Waals surface area (Å²) >= 11 is 1.75. The van der Waals surface area contributed by atoms with Crippen LogP contribution in [0.2, 0.25) is 0 Å². The summed E-state index contributed by atoms with van der Waals surface area (Å²) in [7, 11) is 0. The summed E-state index contributed by atoms with van der Waals surface area (Å²) in [5, 5.41) is 2.20. The average molecular weight is 363 g/mol. The van der Waals surface area contributed by atoms with E-state index in [0.717, 1.165) is 29.7 Å². The van der Waals surface area contributed by atoms with Crippen LogP contribution in [-0.2, 0) is 4.74 Å². The van der Waals surface area contributed by atoms with E-state index in [-0.39, 0.29) is 5.63 Å². The Balaban J connectivity index is 1.64. The molecule has 0 N–H and O–H groups in total. The van der Waals surface area contributed by atoms with Crippen LogP contribution < -0.4 is 10.5 Å². The van der Waals surface area contributed by atoms with E-state index in [1.807, 2.05) is 12.1 Å². The summed E-state index contributed by atoms with van der Waals surface area (Å²) in [6.45, 7) is 2.94. The normalized spacial score (nSPS) is 15.0. The van der Waals surface area contributed by atoms with E-state index in [0.29, 0.717) is 18.8 Å². The monoisotopic (exact) mass is 363 g/mol. The van der Waals surface area contributed by atoms with E-state index in [4.69, 9.17) is 9.15 Å². The molecule has 1 aliphatic heterocycles. The lowest BCUT2D eigenvalue weighted by molar-refractivity contribution is 0.123. The van der Waals surface area contributed by atoms with Crippen LogP contribution >= 0.6 is 11.3 Å². The van der Waals surface area contributed by atoms with Gasteiger partial charge in [-0.25, -0.2) is 4.79 Å². The van der Waals surface area contributed by atoms with Gasteiger partial charge in [-0.05, 0) is 35.2 Å². The highest BCUT2D eigenvalue weighted by Crippen LogP contribution is 2.36. The summed E-state index contributed by atoms with van der Waals surface area (Å²) in [5.41, 5.74) is 2.32. The van der Waals surface area contributed by atoms with Crippen LogP contribution in [0.3, 0.4) is 0 Å². The van der Waals surface area contributed by atoms with Crippen molar-refractivity contribution in [1.29, 1.82) is 0 Å². The zero-order chi connectivity index (χ0) is 17.5. The molecule has 1 aliphatic rings. The molecule has 5 rings (SSSR count). The first-order chi connectivity index (χ1) is 12.8. The number of benzene rings is 2. The first-order valence-electron chi connectivity index (χ1n) is 8.67. The van der Waals surface area contributed by atoms with Crippen molar-refractivity contribution in [2.24, 2.45) is 0 Å². The van der Waals surface area contributed by atoms with E-state index >= 15 is 0 Å². The predicted molar refractivity (Wildman–Crippen MR) is 106 cm³/mol. The average Bonchev–Trinajstić information content (AvgIpc) is 3.12. The van der Waals surface area contributed by atoms with E-state index in [1.54, 1.807) is 17.4 Å². The van der Waals surface area contributed by atoms with Crippen molar-refractivity contribution in [1.82, 2.24) is 0 Å². The quantitative estimate of drug-likeness (QED) is 0.492. The second-order valence-corrected chi connectivity index (χ2v) is 7.49. The Bertz CT molecular complexity index is 1120. The number of hydrogen-bond acceptors (Lipinski definition) is 5. The summed E-state index contributed by atoms with van der Waals surface area (Å²) < 4.78 is 12.2. The number of thiophene rings is 1. The standard InChI is InChI=1S/C21H17NO3S/c23-21-13-17(22-7-9-24-10-8-22)16-6-5-15(11-18(16)25-21)20-12-14-3-1-2-4-19(14)26-20/h1-6,11-13H,7-10H2. The van der Waals surface area contributed by atoms with Crippen LogP contribution in [0.25, 0.3) is 31.5 Å². The van der Waals surface area contributed by atoms with Crippen molar-refractivity contribution >= 4 is 38.1 Å². The molecule has 2 aromatic heterocycles. The van der Waals surface area contributed by atoms with Crippen molar-refractivity contribution in [3.8, 4) is 10.4 Å². The third-order valence-corrected chi connectivity index (χ3v) is 5.95. The van der Waals surface area contributed by atoms with Crippen molar-refractivity contribution in [3.63, 3.8) is 0 Å². The molecule has 4 aromatic rings. The summed E-state index contributed by atoms with van der Waals surface area (Å²) in [6, 6.07) is 18.3. The van der Waals surface area contributed by atoms with Crippen molar-refractivity contribution in [2.75, 3.05) is 31.2 Å². The summed E-state index contributed by atoms with van der Waals surface area (Å²) in [6.07, 6.45) is 0. The summed E-state index contributed by atoms with van der Waals surface area (Å²) in [4.78, 5) is 15.5. The van der Waals surface area contributed by atoms with Gasteiger partial charge in [-0.2, -0.15) is 0 Å². The molecule has 0 amide bonds. The zero-order valence-electron chi connectivity index (χ0n) is 14.1. The highest BCUT2D eigenvalue weighted by Gasteiger charge is 2.16. The highest BCUT2D eigenvalue weighted by molar-refractivity contribution is 7.22. The minimum atomic E-state index is -0.313. The van der Waals surface area contributed by atoms with Crippen LogP contribution in [0.1, 0.15) is 0 Å². The second-order valence-electron chi connectivity index (χ2n) is 6.41. The minimum Gasteiger partial charge on any atom is -0.423 e. The SMILES string of the molecule is O=c1cc(N2CCOCC2)c2ccc(-c3cc4ccccc4s3)cc2o1. The third-order valence-electron chi connectivity index (χ3n) is 4.78. The smallest absolute Gasteiger partial charge is 0.338 e. The molecule has 0 bridgehead atoms. The molecule has 4 nitrogen and oxygen atoms in total. The van der Waals surface area contributed by atoms with Gasteiger partial charge < -0.3 is 14.1 Å². The van der Waals surface area contributed by atoms with Crippen molar-refractivity contribution in [3.05, 3.63) is 65.0 Å². The Hall–Kier alpha value is -2.63. The van der Waals surface area contributed by atoms with Crippen LogP contribution in [0.5, 0.6) is 0 Å². The summed E-state index contributed by atoms with van der Waals surface area (Å²) in [5.74, 6) is 0. The second kappa shape index (κ2) is 6.27. The van der Waals surface area contributed by atoms with Gasteiger partial charge in [0.2, 0.25) is 0 Å². The predicted octanol–water partition coefficient (Wildman–Crippen LogP) is 4.51. The first-order valence-corrected chi connectivity index (χ1v) is 9.49. The van der Waals surface area contributed by atoms with Gasteiger partial charge in [0.25, 0.3) is 0 Å². The highest BCUT2D eigenvalue weighted by atomic mass is 32.1. The number of morpholine rings is 1. The maximum absolute atomic E-state index is 12.1. The molecular formula is C21H17NO3S. The molecule has 1 saturated heterocycles. The molecule has 130 valence electrons. The Morgan fingerprint density at radius 1 is 0.962 bits per heavy atom. The lowest BCUT2D eigenvalue weighted by Gasteiger charge is -2.29. The Labute approximate surface area is 154 Å². The van der Waals surface area contributed by atoms with Gasteiger partial charge in [-0.15, -0.1) is 11.3 Å². The molecule has 26 heavy (non-hydrogen) atoms. The molecule has 1 fully saturated rings. The van der Waals surface area contributed by atoms with Crippen LogP contribution in [0.4, 0.5) is 5.69 Å². The van der Waals surface area contributed by atoms with E-state index in [9.17, 15) is 4.79 Å². The van der Waals surface area contributed by atoms with E-state index in [1.165, 1.54) is 15.0 Å². The minimum absolute atomic E-state index is 0.313. The van der Waals surface area contributed by atoms with Gasteiger partial charge in [-0.3, -0.25) is 0 Å². The topological polar surface area (TPSA) is 42.7 Å². The fourth-order valence-corrected chi connectivity index (χ4v) is 4.55. The van der Waals surface area contributed by atoms with Gasteiger partial charge in [0.05, 0.1) is 18.9 Å². The maximum Gasteiger partial charge on any atom is 0.338 e. The molecule has 0 spiro atoms. The van der Waals surface area contributed by atoms with Gasteiger partial charge >= 0.3 is 5.63 Å². The van der Waals surface area contributed by atoms with Crippen LogP contribution in [-0.4, -0.2) is 26.3 Å². The molecule has 2 aromatic carbocycles. The number of hydrogen-bond donors (Lipinski definition) is 0. The Kier molecular flexibility index (Phi) is 3.76. The molecule has 3 heterocycles. The van der Waals surface area contributed by atoms with Crippen molar-refractivity contribution in [2.45, 2.75) is 0 Å². The van der Waals surface area contributed by atoms with Gasteiger partial charge in [0, 0.05) is 34.1 Å². The molecule has 0 aliphatic carbocycles.